The molecule has 3 atom stereocenters. The first-order chi connectivity index (χ1) is 16.3. The zero-order valence-corrected chi connectivity index (χ0v) is 21.1. The molecule has 2 aromatic carbocycles. The molecule has 8 heteroatoms. The Kier molecular flexibility index (Phi) is 8.63. The number of unbranched alkanes of at least 4 members (excludes halogenated alkanes) is 2. The molecule has 0 spiro atoms. The van der Waals surface area contributed by atoms with Crippen molar-refractivity contribution in [3.63, 3.8) is 0 Å². The number of para-hydroxylation sites is 1. The van der Waals surface area contributed by atoms with E-state index in [1.807, 2.05) is 67.6 Å². The first kappa shape index (κ1) is 25.6. The number of anilines is 1. The van der Waals surface area contributed by atoms with E-state index in [0.29, 0.717) is 12.2 Å². The smallest absolute Gasteiger partial charge is 0.322 e. The molecule has 0 saturated carbocycles. The Morgan fingerprint density at radius 2 is 1.76 bits per heavy atom. The highest BCUT2D eigenvalue weighted by Gasteiger charge is 2.45. The van der Waals surface area contributed by atoms with Crippen molar-refractivity contribution in [2.24, 2.45) is 0 Å². The summed E-state index contributed by atoms with van der Waals surface area (Å²) >= 11 is -2.32. The lowest BCUT2D eigenvalue weighted by Crippen LogP contribution is -2.57. The average Bonchev–Trinajstić information content (AvgIpc) is 3.24. The molecule has 0 aliphatic rings. The summed E-state index contributed by atoms with van der Waals surface area (Å²) in [5, 5.41) is 2.99. The number of hydrogen-bond acceptors (Lipinski definition) is 3. The minimum atomic E-state index is -2.32. The number of carbonyl (C=O) groups excluding carboxylic acids is 1. The molecule has 0 fully saturated rings. The van der Waals surface area contributed by atoms with E-state index in [9.17, 15) is 13.6 Å². The van der Waals surface area contributed by atoms with Crippen LogP contribution in [0.5, 0.6) is 0 Å². The SMILES string of the molecule is CCCCCNC(=O)N(c1ccccc1)C(C)C(C)(n1cnc(-c2ccccc2)c1C)S(=O)O. The minimum absolute atomic E-state index is 0.299. The summed E-state index contributed by atoms with van der Waals surface area (Å²) in [6.07, 6.45) is 4.55. The second-order valence-corrected chi connectivity index (χ2v) is 9.86. The molecule has 0 radical (unpaired) electrons. The Labute approximate surface area is 204 Å². The fraction of sp³-hybridized carbons (Fsp3) is 0.385. The van der Waals surface area contributed by atoms with Gasteiger partial charge in [-0.15, -0.1) is 0 Å². The van der Waals surface area contributed by atoms with Gasteiger partial charge in [-0.3, -0.25) is 4.90 Å². The third kappa shape index (κ3) is 5.23. The van der Waals surface area contributed by atoms with Crippen LogP contribution in [0.4, 0.5) is 10.5 Å². The molecule has 34 heavy (non-hydrogen) atoms. The van der Waals surface area contributed by atoms with Gasteiger partial charge in [0.25, 0.3) is 0 Å². The summed E-state index contributed by atoms with van der Waals surface area (Å²) in [5.74, 6) is 0. The molecular weight excluding hydrogens is 448 g/mol. The van der Waals surface area contributed by atoms with Crippen LogP contribution in [0.3, 0.4) is 0 Å². The third-order valence-corrected chi connectivity index (χ3v) is 7.60. The second-order valence-electron chi connectivity index (χ2n) is 8.54. The van der Waals surface area contributed by atoms with Crippen molar-refractivity contribution in [1.29, 1.82) is 0 Å². The van der Waals surface area contributed by atoms with Gasteiger partial charge in [-0.05, 0) is 39.3 Å². The Balaban J connectivity index is 2.03. The molecule has 2 N–H and O–H groups in total. The summed E-state index contributed by atoms with van der Waals surface area (Å²) in [7, 11) is 0. The van der Waals surface area contributed by atoms with Crippen molar-refractivity contribution in [1.82, 2.24) is 14.9 Å². The van der Waals surface area contributed by atoms with Crippen molar-refractivity contribution in [3.05, 3.63) is 72.7 Å². The number of urea groups is 1. The molecular formula is C26H34N4O3S. The maximum atomic E-state index is 13.4. The van der Waals surface area contributed by atoms with Gasteiger partial charge < -0.3 is 14.4 Å². The fourth-order valence-corrected chi connectivity index (χ4v) is 4.92. The van der Waals surface area contributed by atoms with Gasteiger partial charge in [0.05, 0.1) is 18.1 Å². The molecule has 7 nitrogen and oxygen atoms in total. The van der Waals surface area contributed by atoms with Crippen LogP contribution in [0.15, 0.2) is 67.0 Å². The Morgan fingerprint density at radius 1 is 1.15 bits per heavy atom. The largest absolute Gasteiger partial charge is 0.338 e. The molecule has 3 aromatic rings. The van der Waals surface area contributed by atoms with E-state index < -0.39 is 22.0 Å². The predicted octanol–water partition coefficient (Wildman–Crippen LogP) is 5.55. The maximum absolute atomic E-state index is 13.4. The lowest BCUT2D eigenvalue weighted by Gasteiger charge is -2.41. The number of nitrogens with zero attached hydrogens (tertiary/aromatic N) is 3. The lowest BCUT2D eigenvalue weighted by molar-refractivity contribution is 0.239. The zero-order valence-electron chi connectivity index (χ0n) is 20.3. The lowest BCUT2D eigenvalue weighted by atomic mass is 10.1. The third-order valence-electron chi connectivity index (χ3n) is 6.36. The van der Waals surface area contributed by atoms with E-state index in [1.54, 1.807) is 29.6 Å². The van der Waals surface area contributed by atoms with Crippen LogP contribution in [0.2, 0.25) is 0 Å². The molecule has 3 rings (SSSR count). The van der Waals surface area contributed by atoms with Crippen LogP contribution < -0.4 is 10.2 Å². The van der Waals surface area contributed by atoms with Gasteiger partial charge in [0.1, 0.15) is 0 Å². The second kappa shape index (κ2) is 11.4. The van der Waals surface area contributed by atoms with Crippen molar-refractivity contribution in [3.8, 4) is 11.3 Å². The number of benzene rings is 2. The van der Waals surface area contributed by atoms with Crippen molar-refractivity contribution >= 4 is 22.8 Å². The molecule has 2 amide bonds. The van der Waals surface area contributed by atoms with Gasteiger partial charge >= 0.3 is 6.03 Å². The van der Waals surface area contributed by atoms with Crippen molar-refractivity contribution < 1.29 is 13.6 Å². The van der Waals surface area contributed by atoms with Gasteiger partial charge in [0, 0.05) is 23.5 Å². The molecule has 0 saturated heterocycles. The molecule has 1 aromatic heterocycles. The predicted molar refractivity (Wildman–Crippen MR) is 138 cm³/mol. The Hall–Kier alpha value is -2.97. The van der Waals surface area contributed by atoms with E-state index in [1.165, 1.54) is 0 Å². The van der Waals surface area contributed by atoms with Crippen LogP contribution in [-0.4, -0.2) is 36.9 Å². The monoisotopic (exact) mass is 482 g/mol. The highest BCUT2D eigenvalue weighted by Crippen LogP contribution is 2.35. The molecule has 3 unspecified atom stereocenters. The van der Waals surface area contributed by atoms with Crippen LogP contribution in [0, 0.1) is 6.92 Å². The van der Waals surface area contributed by atoms with Gasteiger partial charge in [-0.25, -0.2) is 14.0 Å². The fourth-order valence-electron chi connectivity index (χ4n) is 4.17. The summed E-state index contributed by atoms with van der Waals surface area (Å²) in [4.78, 5) is 18.1. The highest BCUT2D eigenvalue weighted by atomic mass is 32.2. The number of imidazole rings is 1. The number of aromatic nitrogens is 2. The number of rotatable bonds is 10. The summed E-state index contributed by atoms with van der Waals surface area (Å²) in [6.45, 7) is 8.03. The van der Waals surface area contributed by atoms with E-state index in [0.717, 1.165) is 36.2 Å². The first-order valence-electron chi connectivity index (χ1n) is 11.6. The molecule has 0 bridgehead atoms. The standard InChI is InChI=1S/C26H34N4O3S/c1-5-6-13-18-27-25(31)30(23-16-11-8-12-17-23)21(3)26(4,34(32)33)29-19-28-24(20(29)2)22-14-9-7-10-15-22/h7-12,14-17,19,21H,5-6,13,18H2,1-4H3,(H,27,31)(H,32,33). The average molecular weight is 483 g/mol. The van der Waals surface area contributed by atoms with Gasteiger partial charge in [0.2, 0.25) is 0 Å². The van der Waals surface area contributed by atoms with E-state index in [2.05, 4.69) is 17.2 Å². The van der Waals surface area contributed by atoms with Crippen LogP contribution in [0.1, 0.15) is 45.7 Å². The summed E-state index contributed by atoms with van der Waals surface area (Å²) < 4.78 is 25.2. The Bertz CT molecular complexity index is 1100. The molecule has 182 valence electrons. The van der Waals surface area contributed by atoms with Crippen molar-refractivity contribution in [2.75, 3.05) is 11.4 Å². The zero-order chi connectivity index (χ0) is 24.7. The minimum Gasteiger partial charge on any atom is -0.338 e. The maximum Gasteiger partial charge on any atom is 0.322 e. The van der Waals surface area contributed by atoms with Gasteiger partial charge in [0.15, 0.2) is 16.0 Å². The van der Waals surface area contributed by atoms with E-state index >= 15 is 0 Å². The summed E-state index contributed by atoms with van der Waals surface area (Å²) in [5.41, 5.74) is 3.06. The highest BCUT2D eigenvalue weighted by molar-refractivity contribution is 7.80. The van der Waals surface area contributed by atoms with Crippen LogP contribution in [-0.2, 0) is 16.0 Å². The number of nitrogens with one attached hydrogen (secondary N) is 1. The number of carbonyl (C=O) groups is 1. The topological polar surface area (TPSA) is 87.5 Å². The normalized spacial score (nSPS) is 14.7. The first-order valence-corrected chi connectivity index (χ1v) is 12.8. The molecule has 0 aliphatic heterocycles. The summed E-state index contributed by atoms with van der Waals surface area (Å²) in [6, 6.07) is 18.0. The van der Waals surface area contributed by atoms with Crippen LogP contribution in [0.25, 0.3) is 11.3 Å². The van der Waals surface area contributed by atoms with Gasteiger partial charge in [-0.2, -0.15) is 0 Å². The molecule has 1 heterocycles. The number of amides is 2. The van der Waals surface area contributed by atoms with E-state index in [4.69, 9.17) is 0 Å². The quantitative estimate of drug-likeness (QED) is 0.293. The Morgan fingerprint density at radius 3 is 2.35 bits per heavy atom. The van der Waals surface area contributed by atoms with Crippen LogP contribution >= 0.6 is 0 Å². The number of hydrogen-bond donors (Lipinski definition) is 2. The van der Waals surface area contributed by atoms with Gasteiger partial charge in [-0.1, -0.05) is 68.3 Å². The van der Waals surface area contributed by atoms with E-state index in [-0.39, 0.29) is 6.03 Å². The molecule has 0 aliphatic carbocycles. The van der Waals surface area contributed by atoms with Crippen molar-refractivity contribution in [2.45, 2.75) is 57.9 Å².